The van der Waals surface area contributed by atoms with Crippen molar-refractivity contribution in [2.45, 2.75) is 120 Å². The molecule has 5 aliphatic rings. The van der Waals surface area contributed by atoms with Gasteiger partial charge in [0.25, 0.3) is 5.56 Å². The van der Waals surface area contributed by atoms with E-state index in [1.165, 1.54) is 6.07 Å². The predicted molar refractivity (Wildman–Crippen MR) is 216 cm³/mol. The Labute approximate surface area is 322 Å². The summed E-state index contributed by atoms with van der Waals surface area (Å²) in [6.07, 6.45) is 5.17. The number of pyridine rings is 1. The van der Waals surface area contributed by atoms with E-state index in [1.54, 1.807) is 16.8 Å². The maximum atomic E-state index is 16.2. The van der Waals surface area contributed by atoms with Gasteiger partial charge in [-0.25, -0.2) is 8.78 Å². The average Bonchev–Trinajstić information content (AvgIpc) is 3.79. The van der Waals surface area contributed by atoms with Crippen molar-refractivity contribution in [1.29, 1.82) is 0 Å². The molecule has 2 aromatic carbocycles. The second-order valence-electron chi connectivity index (χ2n) is 17.6. The number of piperazine rings is 1. The summed E-state index contributed by atoms with van der Waals surface area (Å²) < 4.78 is 45.5. The Morgan fingerprint density at radius 2 is 1.85 bits per heavy atom. The van der Waals surface area contributed by atoms with Crippen LogP contribution in [0.15, 0.2) is 41.3 Å². The Hall–Kier alpha value is -4.05. The number of nitrogens with zero attached hydrogens (tertiary/aromatic N) is 5. The third-order valence-corrected chi connectivity index (χ3v) is 20.0. The molecule has 0 aliphatic carbocycles. The van der Waals surface area contributed by atoms with Gasteiger partial charge in [-0.05, 0) is 66.4 Å². The van der Waals surface area contributed by atoms with Crippen molar-refractivity contribution < 1.29 is 18.3 Å². The molecule has 0 spiro atoms. The van der Waals surface area contributed by atoms with E-state index in [-0.39, 0.29) is 35.8 Å². The van der Waals surface area contributed by atoms with E-state index in [4.69, 9.17) is 19.4 Å². The van der Waals surface area contributed by atoms with Crippen LogP contribution in [-0.4, -0.2) is 90.2 Å². The van der Waals surface area contributed by atoms with Crippen molar-refractivity contribution >= 4 is 35.6 Å². The van der Waals surface area contributed by atoms with E-state index >= 15 is 4.39 Å². The van der Waals surface area contributed by atoms with Crippen LogP contribution in [0.5, 0.6) is 11.8 Å². The number of fused-ring (bicyclic) bond motifs is 7. The van der Waals surface area contributed by atoms with Crippen LogP contribution in [0.2, 0.25) is 16.6 Å². The van der Waals surface area contributed by atoms with Crippen LogP contribution in [-0.2, 0) is 0 Å². The van der Waals surface area contributed by atoms with Crippen LogP contribution in [0.4, 0.5) is 14.6 Å². The molecule has 1 N–H and O–H groups in total. The molecule has 4 aromatic rings. The largest absolute Gasteiger partial charge is 0.489 e. The number of hydrogen-bond donors (Lipinski definition) is 1. The highest BCUT2D eigenvalue weighted by atomic mass is 28.3. The second kappa shape index (κ2) is 13.6. The van der Waals surface area contributed by atoms with Crippen molar-refractivity contribution in [3.05, 3.63) is 58.3 Å². The molecule has 5 aliphatic heterocycles. The molecule has 4 saturated heterocycles. The van der Waals surface area contributed by atoms with Crippen LogP contribution < -0.4 is 25.2 Å². The molecule has 0 amide bonds. The Kier molecular flexibility index (Phi) is 9.02. The third kappa shape index (κ3) is 5.78. The first kappa shape index (κ1) is 36.6. The fourth-order valence-electron chi connectivity index (χ4n) is 11.1. The molecule has 7 heterocycles. The summed E-state index contributed by atoms with van der Waals surface area (Å²) >= 11 is 0. The first-order valence-electron chi connectivity index (χ1n) is 20.3. The third-order valence-electron chi connectivity index (χ3n) is 13.8. The van der Waals surface area contributed by atoms with E-state index in [9.17, 15) is 9.18 Å². The van der Waals surface area contributed by atoms with Gasteiger partial charge in [0.2, 0.25) is 0 Å². The first-order chi connectivity index (χ1) is 26.4. The smallest absolute Gasteiger partial charge is 0.319 e. The van der Waals surface area contributed by atoms with Crippen LogP contribution >= 0.6 is 0 Å². The Morgan fingerprint density at radius 1 is 1.05 bits per heavy atom. The molecule has 12 heteroatoms. The Balaban J connectivity index is 1.23. The highest BCUT2D eigenvalue weighted by Gasteiger charge is 2.50. The maximum absolute atomic E-state index is 16.2. The number of nitrogens with one attached hydrogen (secondary N) is 1. The molecule has 4 fully saturated rings. The number of aromatic nitrogens is 3. The molecular weight excluding hydrogens is 715 g/mol. The van der Waals surface area contributed by atoms with Crippen molar-refractivity contribution in [2.75, 3.05) is 37.7 Å². The Bertz CT molecular complexity index is 2280. The minimum absolute atomic E-state index is 0.00692. The number of halogens is 2. The number of hydrogen-bond acceptors (Lipinski definition) is 8. The van der Waals surface area contributed by atoms with Crippen LogP contribution in [0.3, 0.4) is 0 Å². The quantitative estimate of drug-likeness (QED) is 0.155. The van der Waals surface area contributed by atoms with Gasteiger partial charge >= 0.3 is 6.01 Å². The summed E-state index contributed by atoms with van der Waals surface area (Å²) in [5.74, 6) is 4.09. The van der Waals surface area contributed by atoms with Gasteiger partial charge in [-0.3, -0.25) is 14.3 Å². The van der Waals surface area contributed by atoms with E-state index in [0.717, 1.165) is 44.2 Å². The minimum atomic E-state index is -2.22. The summed E-state index contributed by atoms with van der Waals surface area (Å²) in [4.78, 5) is 29.3. The van der Waals surface area contributed by atoms with Gasteiger partial charge in [0.05, 0.1) is 34.4 Å². The lowest BCUT2D eigenvalue weighted by atomic mass is 9.95. The zero-order chi connectivity index (χ0) is 38.4. The molecule has 2 bridgehead atoms. The second-order valence-corrected chi connectivity index (χ2v) is 23.2. The van der Waals surface area contributed by atoms with Crippen LogP contribution in [0.25, 0.3) is 27.4 Å². The summed E-state index contributed by atoms with van der Waals surface area (Å²) in [6, 6.07) is 9.49. The van der Waals surface area contributed by atoms with E-state index in [1.807, 2.05) is 18.2 Å². The zero-order valence-corrected chi connectivity index (χ0v) is 33.8. The van der Waals surface area contributed by atoms with Gasteiger partial charge in [-0.1, -0.05) is 65.7 Å². The molecule has 290 valence electrons. The number of anilines is 1. The number of benzene rings is 2. The molecule has 9 nitrogen and oxygen atoms in total. The molecule has 0 saturated carbocycles. The standard InChI is InChI=1S/C43H52F2N6O3Si/c1-25(2)55(26(3)4,27(5)6)18-15-31-32(45)13-11-28-9-7-10-34(37(28)31)51-22-36-38-39(41(51)52)47-42(54-24-43-16-8-17-49(43)20-29(44)19-43)48-40(38)50-21-30-12-14-33(46-30)35(50)23-53-36/h7,9-11,13,22,25-27,29-30,33,35,46H,8,12,14,16-17,19-21,23-24H2,1-6H3/t29-,30-,33+,35-,43+/m1/s1. The molecule has 55 heavy (non-hydrogen) atoms. The molecule has 0 radical (unpaired) electrons. The maximum Gasteiger partial charge on any atom is 0.319 e. The zero-order valence-electron chi connectivity index (χ0n) is 32.8. The van der Waals surface area contributed by atoms with Crippen molar-refractivity contribution in [1.82, 2.24) is 24.8 Å². The molecule has 9 rings (SSSR count). The van der Waals surface area contributed by atoms with E-state index in [0.29, 0.717) is 75.8 Å². The van der Waals surface area contributed by atoms with Crippen LogP contribution in [0, 0.1) is 17.3 Å². The van der Waals surface area contributed by atoms with Gasteiger partial charge < -0.3 is 19.7 Å². The number of ether oxygens (including phenoxy) is 2. The van der Waals surface area contributed by atoms with Gasteiger partial charge in [-0.2, -0.15) is 9.97 Å². The minimum Gasteiger partial charge on any atom is -0.489 e. The monoisotopic (exact) mass is 766 g/mol. The van der Waals surface area contributed by atoms with Crippen molar-refractivity contribution in [3.8, 4) is 28.9 Å². The molecular formula is C43H52F2N6O3Si. The van der Waals surface area contributed by atoms with Gasteiger partial charge in [-0.15, -0.1) is 5.54 Å². The predicted octanol–water partition coefficient (Wildman–Crippen LogP) is 7.30. The van der Waals surface area contributed by atoms with E-state index < -0.39 is 25.6 Å². The van der Waals surface area contributed by atoms with E-state index in [2.05, 4.69) is 68.1 Å². The summed E-state index contributed by atoms with van der Waals surface area (Å²) in [5, 5.41) is 5.66. The highest BCUT2D eigenvalue weighted by molar-refractivity contribution is 6.90. The lowest BCUT2D eigenvalue weighted by molar-refractivity contribution is 0.107. The normalized spacial score (nSPS) is 26.1. The number of alkyl halides is 1. The Morgan fingerprint density at radius 3 is 2.64 bits per heavy atom. The highest BCUT2D eigenvalue weighted by Crippen LogP contribution is 2.44. The molecule has 2 aromatic heterocycles. The fraction of sp³-hybridized carbons (Fsp3) is 0.558. The summed E-state index contributed by atoms with van der Waals surface area (Å²) in [6.45, 7) is 16.1. The summed E-state index contributed by atoms with van der Waals surface area (Å²) in [5.41, 5.74) is 5.00. The van der Waals surface area contributed by atoms with Gasteiger partial charge in [0, 0.05) is 37.0 Å². The molecule has 5 atom stereocenters. The molecule has 0 unspecified atom stereocenters. The van der Waals surface area contributed by atoms with Crippen molar-refractivity contribution in [2.24, 2.45) is 0 Å². The lowest BCUT2D eigenvalue weighted by Crippen LogP contribution is -2.60. The topological polar surface area (TPSA) is 84.8 Å². The van der Waals surface area contributed by atoms with Crippen LogP contribution in [0.1, 0.15) is 79.2 Å². The van der Waals surface area contributed by atoms with Gasteiger partial charge in [0.15, 0.2) is 0 Å². The van der Waals surface area contributed by atoms with Gasteiger partial charge in [0.1, 0.15) is 50.4 Å². The number of rotatable bonds is 7. The lowest BCUT2D eigenvalue weighted by Gasteiger charge is -2.40. The fourth-order valence-corrected chi connectivity index (χ4v) is 16.4. The summed E-state index contributed by atoms with van der Waals surface area (Å²) in [7, 11) is -2.22. The van der Waals surface area contributed by atoms with Crippen molar-refractivity contribution in [3.63, 3.8) is 0 Å². The first-order valence-corrected chi connectivity index (χ1v) is 22.5. The average molecular weight is 767 g/mol. The SMILES string of the molecule is CC(C)[Si](C#Cc1c(F)ccc2cccc(-n3cc4c5c(nc(OC[C@@]67CCCN6C[C@H](F)C7)nc5c3=O)N3C[C@H]5CC[C@H](N5)[C@H]3CO4)c12)(C(C)C)C(C)C.